The fraction of sp³-hybridized carbons (Fsp3) is 0.486. The van der Waals surface area contributed by atoms with E-state index in [0.717, 1.165) is 19.3 Å². The van der Waals surface area contributed by atoms with Crippen molar-refractivity contribution < 1.29 is 23.4 Å². The smallest absolute Gasteiger partial charge is 0.261 e. The topological polar surface area (TPSA) is 46.2 Å². The Hall–Kier alpha value is -2.32. The molecule has 0 radical (unpaired) electrons. The van der Waals surface area contributed by atoms with E-state index in [9.17, 15) is 0 Å². The van der Waals surface area contributed by atoms with Crippen molar-refractivity contribution in [3.05, 3.63) is 96.6 Å². The lowest BCUT2D eigenvalue weighted by Crippen LogP contribution is -2.67. The minimum Gasteiger partial charge on any atom is -0.407 e. The molecule has 0 aromatic heterocycles. The van der Waals surface area contributed by atoms with Crippen LogP contribution in [0.3, 0.4) is 0 Å². The second kappa shape index (κ2) is 15.8. The van der Waals surface area contributed by atoms with Gasteiger partial charge in [0.1, 0.15) is 6.79 Å². The summed E-state index contributed by atoms with van der Waals surface area (Å²) in [6, 6.07) is 32.2. The lowest BCUT2D eigenvalue weighted by atomic mass is 9.92. The summed E-state index contributed by atoms with van der Waals surface area (Å²) in [6.07, 6.45) is 3.14. The van der Waals surface area contributed by atoms with Crippen LogP contribution in [-0.2, 0) is 30.0 Å². The van der Waals surface area contributed by atoms with Gasteiger partial charge in [0.25, 0.3) is 8.32 Å². The highest BCUT2D eigenvalue weighted by Gasteiger charge is 2.51. The van der Waals surface area contributed by atoms with Crippen molar-refractivity contribution in [2.24, 2.45) is 11.8 Å². The van der Waals surface area contributed by atoms with Gasteiger partial charge >= 0.3 is 0 Å². The molecule has 222 valence electrons. The Morgan fingerprint density at radius 1 is 0.732 bits per heavy atom. The molecule has 6 heteroatoms. The first-order valence-corrected chi connectivity index (χ1v) is 16.9. The van der Waals surface area contributed by atoms with Crippen LogP contribution in [0.15, 0.2) is 91.0 Å². The Bertz CT molecular complexity index is 1080. The summed E-state index contributed by atoms with van der Waals surface area (Å²) in [4.78, 5) is 0. The van der Waals surface area contributed by atoms with Gasteiger partial charge in [-0.05, 0) is 52.1 Å². The Labute approximate surface area is 248 Å². The van der Waals surface area contributed by atoms with Gasteiger partial charge in [-0.2, -0.15) is 0 Å². The van der Waals surface area contributed by atoms with Crippen LogP contribution in [0.5, 0.6) is 0 Å². The van der Waals surface area contributed by atoms with E-state index in [1.807, 2.05) is 6.07 Å². The van der Waals surface area contributed by atoms with Crippen molar-refractivity contribution in [3.63, 3.8) is 0 Å². The summed E-state index contributed by atoms with van der Waals surface area (Å²) in [5.74, 6) is 0.732. The molecule has 0 aliphatic heterocycles. The molecule has 3 aromatic rings. The molecule has 0 unspecified atom stereocenters. The van der Waals surface area contributed by atoms with Gasteiger partial charge in [-0.3, -0.25) is 0 Å². The van der Waals surface area contributed by atoms with Gasteiger partial charge < -0.3 is 23.4 Å². The molecule has 5 nitrogen and oxygen atoms in total. The van der Waals surface area contributed by atoms with Crippen molar-refractivity contribution >= 4 is 18.7 Å². The summed E-state index contributed by atoms with van der Waals surface area (Å²) in [7, 11) is -0.918. The minimum absolute atomic E-state index is 0.0479. The van der Waals surface area contributed by atoms with Crippen LogP contribution < -0.4 is 10.4 Å². The van der Waals surface area contributed by atoms with Gasteiger partial charge in [-0.1, -0.05) is 112 Å². The Kier molecular flexibility index (Phi) is 12.2. The molecule has 41 heavy (non-hydrogen) atoms. The molecular formula is C35H48O5Si. The summed E-state index contributed by atoms with van der Waals surface area (Å²) >= 11 is 0. The molecule has 1 aliphatic rings. The molecule has 1 saturated carbocycles. The largest absolute Gasteiger partial charge is 0.407 e. The summed E-state index contributed by atoms with van der Waals surface area (Å²) in [5.41, 5.74) is 1.20. The van der Waals surface area contributed by atoms with E-state index in [4.69, 9.17) is 23.4 Å². The van der Waals surface area contributed by atoms with Crippen molar-refractivity contribution in [1.82, 2.24) is 0 Å². The lowest BCUT2D eigenvalue weighted by molar-refractivity contribution is -0.112. The van der Waals surface area contributed by atoms with Gasteiger partial charge in [-0.25, -0.2) is 0 Å². The molecule has 3 aromatic carbocycles. The highest BCUT2D eigenvalue weighted by atomic mass is 28.4. The summed E-state index contributed by atoms with van der Waals surface area (Å²) in [6.45, 7) is 10.4. The van der Waals surface area contributed by atoms with E-state index in [1.54, 1.807) is 7.11 Å². The van der Waals surface area contributed by atoms with Crippen molar-refractivity contribution in [3.8, 4) is 0 Å². The van der Waals surface area contributed by atoms with Gasteiger partial charge in [-0.15, -0.1) is 0 Å². The van der Waals surface area contributed by atoms with E-state index >= 15 is 0 Å². The van der Waals surface area contributed by atoms with Gasteiger partial charge in [0.15, 0.2) is 0 Å². The first kappa shape index (κ1) is 31.6. The highest BCUT2D eigenvalue weighted by molar-refractivity contribution is 6.99. The van der Waals surface area contributed by atoms with E-state index in [-0.39, 0.29) is 17.9 Å². The van der Waals surface area contributed by atoms with Crippen LogP contribution in [0.25, 0.3) is 0 Å². The van der Waals surface area contributed by atoms with E-state index < -0.39 is 8.32 Å². The highest BCUT2D eigenvalue weighted by Crippen LogP contribution is 2.41. The zero-order chi connectivity index (χ0) is 29.0. The molecule has 3 atom stereocenters. The third kappa shape index (κ3) is 8.37. The van der Waals surface area contributed by atoms with Crippen LogP contribution >= 0.6 is 0 Å². The van der Waals surface area contributed by atoms with E-state index in [2.05, 4.69) is 106 Å². The zero-order valence-corrected chi connectivity index (χ0v) is 26.3. The molecule has 4 rings (SSSR count). The van der Waals surface area contributed by atoms with E-state index in [1.165, 1.54) is 15.9 Å². The van der Waals surface area contributed by atoms with Crippen LogP contribution in [0, 0.1) is 11.8 Å². The molecule has 0 amide bonds. The molecule has 1 aliphatic carbocycles. The standard InChI is InChI=1S/C35H48O5Si/c1-35(2,3)41(31-16-10-6-11-17-31,32-18-12-7-13-19-32)40-27-30-20-21-34(39-28-38-25-24-36-4)33(30)22-23-37-26-29-14-8-5-9-15-29/h5-19,30,33-34H,20-28H2,1-4H3/t30-,33-,34+/m0/s1. The Morgan fingerprint density at radius 2 is 1.34 bits per heavy atom. The maximum Gasteiger partial charge on any atom is 0.261 e. The second-order valence-electron chi connectivity index (χ2n) is 12.0. The van der Waals surface area contributed by atoms with Crippen molar-refractivity contribution in [1.29, 1.82) is 0 Å². The second-order valence-corrected chi connectivity index (χ2v) is 16.3. The minimum atomic E-state index is -2.60. The number of methoxy groups -OCH3 is 1. The predicted molar refractivity (Wildman–Crippen MR) is 168 cm³/mol. The third-order valence-corrected chi connectivity index (χ3v) is 13.3. The Balaban J connectivity index is 1.50. The maximum atomic E-state index is 7.36. The fourth-order valence-electron chi connectivity index (χ4n) is 6.26. The van der Waals surface area contributed by atoms with Crippen LogP contribution in [-0.4, -0.2) is 54.8 Å². The molecule has 0 N–H and O–H groups in total. The first-order valence-electron chi connectivity index (χ1n) is 15.0. The predicted octanol–water partition coefficient (Wildman–Crippen LogP) is 6.20. The molecule has 0 spiro atoms. The van der Waals surface area contributed by atoms with Gasteiger partial charge in [0.05, 0.1) is 25.9 Å². The summed E-state index contributed by atoms with van der Waals surface area (Å²) < 4.78 is 30.6. The lowest BCUT2D eigenvalue weighted by Gasteiger charge is -2.44. The fourth-order valence-corrected chi connectivity index (χ4v) is 10.9. The number of ether oxygens (including phenoxy) is 4. The van der Waals surface area contributed by atoms with Crippen LogP contribution in [0.4, 0.5) is 0 Å². The molecule has 0 saturated heterocycles. The van der Waals surface area contributed by atoms with Gasteiger partial charge in [0, 0.05) is 20.3 Å². The van der Waals surface area contributed by atoms with Crippen LogP contribution in [0.2, 0.25) is 5.04 Å². The molecule has 1 fully saturated rings. The van der Waals surface area contributed by atoms with Crippen molar-refractivity contribution in [2.75, 3.05) is 40.3 Å². The van der Waals surface area contributed by atoms with E-state index in [0.29, 0.717) is 44.9 Å². The SMILES string of the molecule is COCCOCO[C@@H]1CC[C@@H](CO[Si](c2ccccc2)(c2ccccc2)C(C)(C)C)[C@@H]1CCOCc1ccccc1. The number of rotatable bonds is 16. The monoisotopic (exact) mass is 576 g/mol. The number of hydrogen-bond donors (Lipinski definition) is 0. The van der Waals surface area contributed by atoms with Crippen LogP contribution in [0.1, 0.15) is 45.6 Å². The molecular weight excluding hydrogens is 528 g/mol. The maximum absolute atomic E-state index is 7.36. The summed E-state index contributed by atoms with van der Waals surface area (Å²) in [5, 5.41) is 2.59. The third-order valence-electron chi connectivity index (χ3n) is 8.34. The average Bonchev–Trinajstić information content (AvgIpc) is 3.37. The first-order chi connectivity index (χ1) is 20.0. The normalized spacial score (nSPS) is 19.5. The van der Waals surface area contributed by atoms with Crippen molar-refractivity contribution in [2.45, 2.75) is 57.8 Å². The number of benzene rings is 3. The Morgan fingerprint density at radius 3 is 1.93 bits per heavy atom. The zero-order valence-electron chi connectivity index (χ0n) is 25.3. The number of hydrogen-bond acceptors (Lipinski definition) is 5. The molecule has 0 bridgehead atoms. The molecule has 0 heterocycles. The van der Waals surface area contributed by atoms with Gasteiger partial charge in [0.2, 0.25) is 0 Å². The average molecular weight is 577 g/mol. The quantitative estimate of drug-likeness (QED) is 0.115.